The highest BCUT2D eigenvalue weighted by molar-refractivity contribution is 5.99. The Morgan fingerprint density at radius 1 is 1.37 bits per heavy atom. The van der Waals surface area contributed by atoms with Gasteiger partial charge in [0, 0.05) is 18.2 Å². The van der Waals surface area contributed by atoms with Crippen LogP contribution in [0.1, 0.15) is 36.0 Å². The molecule has 1 saturated carbocycles. The number of hydrogen-bond donors (Lipinski definition) is 4. The standard InChI is InChI=1S/C14H20N2O3/c15-12-6-5-10(17)7-11(12)14(19)16-8-9-3-1-2-4-13(9)18/h5-7,9,13,17-18H,1-4,8,15H2,(H,16,19). The number of aliphatic hydroxyl groups is 1. The summed E-state index contributed by atoms with van der Waals surface area (Å²) in [5, 5.41) is 22.0. The maximum absolute atomic E-state index is 12.0. The van der Waals surface area contributed by atoms with E-state index in [0.717, 1.165) is 25.7 Å². The second kappa shape index (κ2) is 5.93. The van der Waals surface area contributed by atoms with E-state index in [9.17, 15) is 15.0 Å². The maximum Gasteiger partial charge on any atom is 0.253 e. The van der Waals surface area contributed by atoms with Gasteiger partial charge >= 0.3 is 0 Å². The van der Waals surface area contributed by atoms with Crippen LogP contribution in [0.4, 0.5) is 5.69 Å². The lowest BCUT2D eigenvalue weighted by Crippen LogP contribution is -2.36. The number of carbonyl (C=O) groups is 1. The molecule has 5 heteroatoms. The average Bonchev–Trinajstić information content (AvgIpc) is 2.40. The highest BCUT2D eigenvalue weighted by Gasteiger charge is 2.23. The minimum absolute atomic E-state index is 0.0112. The number of nitrogen functional groups attached to an aromatic ring is 1. The lowest BCUT2D eigenvalue weighted by Gasteiger charge is -2.27. The summed E-state index contributed by atoms with van der Waals surface area (Å²) in [6.45, 7) is 0.440. The Morgan fingerprint density at radius 3 is 2.84 bits per heavy atom. The van der Waals surface area contributed by atoms with Crippen molar-refractivity contribution in [1.29, 1.82) is 0 Å². The third kappa shape index (κ3) is 3.38. The monoisotopic (exact) mass is 264 g/mol. The Labute approximate surface area is 112 Å². The van der Waals surface area contributed by atoms with Gasteiger partial charge in [0.25, 0.3) is 5.91 Å². The molecule has 1 aromatic carbocycles. The third-order valence-electron chi connectivity index (χ3n) is 3.68. The molecular formula is C14H20N2O3. The second-order valence-corrected chi connectivity index (χ2v) is 5.09. The molecular weight excluding hydrogens is 244 g/mol. The molecule has 1 fully saturated rings. The Bertz CT molecular complexity index is 462. The summed E-state index contributed by atoms with van der Waals surface area (Å²) in [4.78, 5) is 12.0. The van der Waals surface area contributed by atoms with Crippen LogP contribution in [0, 0.1) is 5.92 Å². The number of amides is 1. The summed E-state index contributed by atoms with van der Waals surface area (Å²) in [7, 11) is 0. The van der Waals surface area contributed by atoms with E-state index in [1.807, 2.05) is 0 Å². The van der Waals surface area contributed by atoms with E-state index in [4.69, 9.17) is 5.73 Å². The van der Waals surface area contributed by atoms with Crippen LogP contribution in [0.15, 0.2) is 18.2 Å². The fourth-order valence-electron chi connectivity index (χ4n) is 2.49. The maximum atomic E-state index is 12.0. The molecule has 19 heavy (non-hydrogen) atoms. The molecule has 5 N–H and O–H groups in total. The number of hydrogen-bond acceptors (Lipinski definition) is 4. The number of rotatable bonds is 3. The van der Waals surface area contributed by atoms with Gasteiger partial charge in [-0.3, -0.25) is 4.79 Å². The van der Waals surface area contributed by atoms with Gasteiger partial charge in [-0.25, -0.2) is 0 Å². The molecule has 104 valence electrons. The van der Waals surface area contributed by atoms with E-state index in [0.29, 0.717) is 12.2 Å². The van der Waals surface area contributed by atoms with E-state index in [-0.39, 0.29) is 29.2 Å². The van der Waals surface area contributed by atoms with Gasteiger partial charge in [-0.1, -0.05) is 12.8 Å². The number of anilines is 1. The third-order valence-corrected chi connectivity index (χ3v) is 3.68. The zero-order chi connectivity index (χ0) is 13.8. The van der Waals surface area contributed by atoms with Crippen molar-refractivity contribution in [1.82, 2.24) is 5.32 Å². The summed E-state index contributed by atoms with van der Waals surface area (Å²) >= 11 is 0. The first kappa shape index (κ1) is 13.7. The molecule has 0 heterocycles. The van der Waals surface area contributed by atoms with E-state index in [1.54, 1.807) is 0 Å². The van der Waals surface area contributed by atoms with Crippen LogP contribution in [-0.4, -0.2) is 28.8 Å². The first-order valence-electron chi connectivity index (χ1n) is 6.62. The van der Waals surface area contributed by atoms with Gasteiger partial charge < -0.3 is 21.3 Å². The van der Waals surface area contributed by atoms with E-state index in [1.165, 1.54) is 18.2 Å². The second-order valence-electron chi connectivity index (χ2n) is 5.09. The van der Waals surface area contributed by atoms with Crippen molar-refractivity contribution in [2.75, 3.05) is 12.3 Å². The lowest BCUT2D eigenvalue weighted by atomic mass is 9.86. The number of benzene rings is 1. The summed E-state index contributed by atoms with van der Waals surface area (Å²) in [5.74, 6) is -0.195. The molecule has 0 saturated heterocycles. The molecule has 0 aromatic heterocycles. The molecule has 0 bridgehead atoms. The van der Waals surface area contributed by atoms with Crippen molar-refractivity contribution in [3.63, 3.8) is 0 Å². The van der Waals surface area contributed by atoms with Crippen molar-refractivity contribution in [2.24, 2.45) is 5.92 Å². The van der Waals surface area contributed by atoms with Gasteiger partial charge in [0.15, 0.2) is 0 Å². The number of aromatic hydroxyl groups is 1. The molecule has 0 radical (unpaired) electrons. The van der Waals surface area contributed by atoms with Gasteiger partial charge in [-0.2, -0.15) is 0 Å². The predicted octanol–water partition coefficient (Wildman–Crippen LogP) is 1.26. The predicted molar refractivity (Wildman–Crippen MR) is 72.8 cm³/mol. The number of phenols is 1. The van der Waals surface area contributed by atoms with Crippen LogP contribution >= 0.6 is 0 Å². The number of aliphatic hydroxyl groups excluding tert-OH is 1. The SMILES string of the molecule is Nc1ccc(O)cc1C(=O)NCC1CCCCC1O. The molecule has 0 aliphatic heterocycles. The van der Waals surface area contributed by atoms with Gasteiger partial charge in [0.2, 0.25) is 0 Å². The molecule has 5 nitrogen and oxygen atoms in total. The molecule has 1 amide bonds. The Kier molecular flexibility index (Phi) is 4.27. The number of phenolic OH excluding ortho intramolecular Hbond substituents is 1. The van der Waals surface area contributed by atoms with Crippen LogP contribution in [0.5, 0.6) is 5.75 Å². The summed E-state index contributed by atoms with van der Waals surface area (Å²) < 4.78 is 0. The number of nitrogens with one attached hydrogen (secondary N) is 1. The van der Waals surface area contributed by atoms with Crippen molar-refractivity contribution in [3.05, 3.63) is 23.8 Å². The largest absolute Gasteiger partial charge is 0.508 e. The quantitative estimate of drug-likeness (QED) is 0.488. The van der Waals surface area contributed by atoms with Crippen LogP contribution in [0.2, 0.25) is 0 Å². The first-order valence-corrected chi connectivity index (χ1v) is 6.62. The molecule has 2 rings (SSSR count). The van der Waals surface area contributed by atoms with Crippen molar-refractivity contribution >= 4 is 11.6 Å². The average molecular weight is 264 g/mol. The van der Waals surface area contributed by atoms with Gasteiger partial charge in [-0.05, 0) is 31.0 Å². The fraction of sp³-hybridized carbons (Fsp3) is 0.500. The van der Waals surface area contributed by atoms with Gasteiger partial charge in [-0.15, -0.1) is 0 Å². The number of nitrogens with two attached hydrogens (primary N) is 1. The minimum Gasteiger partial charge on any atom is -0.508 e. The fourth-order valence-corrected chi connectivity index (χ4v) is 2.49. The summed E-state index contributed by atoms with van der Waals surface area (Å²) in [6, 6.07) is 4.29. The Morgan fingerprint density at radius 2 is 2.11 bits per heavy atom. The van der Waals surface area contributed by atoms with E-state index in [2.05, 4.69) is 5.32 Å². The molecule has 1 aliphatic rings. The van der Waals surface area contributed by atoms with Crippen molar-refractivity contribution in [2.45, 2.75) is 31.8 Å². The topological polar surface area (TPSA) is 95.6 Å². The van der Waals surface area contributed by atoms with Crippen LogP contribution in [-0.2, 0) is 0 Å². The van der Waals surface area contributed by atoms with Crippen LogP contribution in [0.3, 0.4) is 0 Å². The molecule has 2 unspecified atom stereocenters. The lowest BCUT2D eigenvalue weighted by molar-refractivity contribution is 0.0663. The molecule has 1 aliphatic carbocycles. The first-order chi connectivity index (χ1) is 9.08. The van der Waals surface area contributed by atoms with Gasteiger partial charge in [0.1, 0.15) is 5.75 Å². The molecule has 2 atom stereocenters. The Balaban J connectivity index is 1.95. The smallest absolute Gasteiger partial charge is 0.253 e. The normalized spacial score (nSPS) is 23.0. The summed E-state index contributed by atoms with van der Waals surface area (Å²) in [6.07, 6.45) is 3.53. The highest BCUT2D eigenvalue weighted by atomic mass is 16.3. The summed E-state index contributed by atoms with van der Waals surface area (Å²) in [5.41, 5.74) is 6.31. The van der Waals surface area contributed by atoms with Gasteiger partial charge in [0.05, 0.1) is 11.7 Å². The van der Waals surface area contributed by atoms with Crippen molar-refractivity contribution < 1.29 is 15.0 Å². The Hall–Kier alpha value is -1.75. The van der Waals surface area contributed by atoms with Crippen LogP contribution in [0.25, 0.3) is 0 Å². The minimum atomic E-state index is -0.337. The molecule has 0 spiro atoms. The van der Waals surface area contributed by atoms with Crippen molar-refractivity contribution in [3.8, 4) is 5.75 Å². The van der Waals surface area contributed by atoms with E-state index < -0.39 is 0 Å². The zero-order valence-corrected chi connectivity index (χ0v) is 10.8. The number of carbonyl (C=O) groups excluding carboxylic acids is 1. The zero-order valence-electron chi connectivity index (χ0n) is 10.8. The van der Waals surface area contributed by atoms with Crippen LogP contribution < -0.4 is 11.1 Å². The van der Waals surface area contributed by atoms with E-state index >= 15 is 0 Å². The highest BCUT2D eigenvalue weighted by Crippen LogP contribution is 2.24. The molecule has 1 aromatic rings.